The maximum atomic E-state index is 3.09. The Hall–Kier alpha value is -1.91. The van der Waals surface area contributed by atoms with Crippen LogP contribution in [0.1, 0.15) is 22.3 Å². The van der Waals surface area contributed by atoms with Crippen LogP contribution >= 0.6 is 9.24 Å². The molecule has 0 aliphatic rings. The Morgan fingerprint density at radius 3 is 1.52 bits per heavy atom. The number of benzene rings is 3. The van der Waals surface area contributed by atoms with Crippen LogP contribution in [0.25, 0.3) is 0 Å². The number of rotatable bonds is 3. The maximum Gasteiger partial charge on any atom is 0.0593 e. The molecule has 0 bridgehead atoms. The minimum absolute atomic E-state index is 0.214. The highest BCUT2D eigenvalue weighted by molar-refractivity contribution is 7.19. The van der Waals surface area contributed by atoms with Crippen molar-refractivity contribution in [2.45, 2.75) is 12.1 Å². The summed E-state index contributed by atoms with van der Waals surface area (Å²) in [4.78, 5) is 0. The standard InChI is InChI=1S/C20H19P/c1-16-10-8-9-15-19(16)20(21,17-11-4-2-5-12-17)18-13-6-3-7-14-18/h2-15H,21H2,1H3. The molecule has 3 rings (SSSR count). The second kappa shape index (κ2) is 5.84. The van der Waals surface area contributed by atoms with Crippen molar-refractivity contribution in [2.24, 2.45) is 0 Å². The van der Waals surface area contributed by atoms with Gasteiger partial charge in [0.25, 0.3) is 0 Å². The fourth-order valence-electron chi connectivity index (χ4n) is 2.90. The van der Waals surface area contributed by atoms with Gasteiger partial charge < -0.3 is 0 Å². The lowest BCUT2D eigenvalue weighted by Crippen LogP contribution is -2.22. The molecule has 21 heavy (non-hydrogen) atoms. The zero-order chi connectivity index (χ0) is 14.7. The molecule has 0 radical (unpaired) electrons. The molecule has 3 aromatic rings. The van der Waals surface area contributed by atoms with Crippen LogP contribution in [-0.4, -0.2) is 0 Å². The summed E-state index contributed by atoms with van der Waals surface area (Å²) in [5.41, 5.74) is 5.21. The van der Waals surface area contributed by atoms with Crippen molar-refractivity contribution in [2.75, 3.05) is 0 Å². The molecule has 0 saturated carbocycles. The van der Waals surface area contributed by atoms with Gasteiger partial charge in [-0.25, -0.2) is 0 Å². The summed E-state index contributed by atoms with van der Waals surface area (Å²) in [7, 11) is 3.09. The van der Waals surface area contributed by atoms with Crippen LogP contribution in [0.4, 0.5) is 0 Å². The highest BCUT2D eigenvalue weighted by Gasteiger charge is 2.32. The zero-order valence-corrected chi connectivity index (χ0v) is 13.3. The summed E-state index contributed by atoms with van der Waals surface area (Å²) in [6.45, 7) is 2.18. The van der Waals surface area contributed by atoms with Gasteiger partial charge in [0.1, 0.15) is 0 Å². The van der Waals surface area contributed by atoms with Gasteiger partial charge in [0, 0.05) is 0 Å². The molecular weight excluding hydrogens is 271 g/mol. The first-order chi connectivity index (χ1) is 10.2. The lowest BCUT2D eigenvalue weighted by molar-refractivity contribution is 0.885. The maximum absolute atomic E-state index is 3.09. The molecule has 1 heteroatoms. The van der Waals surface area contributed by atoms with Crippen molar-refractivity contribution in [3.05, 3.63) is 107 Å². The van der Waals surface area contributed by atoms with Crippen LogP contribution in [0, 0.1) is 6.92 Å². The smallest absolute Gasteiger partial charge is 0.0593 e. The predicted molar refractivity (Wildman–Crippen MR) is 93.7 cm³/mol. The molecule has 1 unspecified atom stereocenters. The van der Waals surface area contributed by atoms with Crippen molar-refractivity contribution in [3.8, 4) is 0 Å². The van der Waals surface area contributed by atoms with Gasteiger partial charge in [0.05, 0.1) is 5.16 Å². The van der Waals surface area contributed by atoms with Crippen LogP contribution in [0.3, 0.4) is 0 Å². The van der Waals surface area contributed by atoms with E-state index >= 15 is 0 Å². The summed E-state index contributed by atoms with van der Waals surface area (Å²) in [6, 6.07) is 30.0. The molecule has 0 fully saturated rings. The Bertz CT molecular complexity index is 678. The molecule has 0 amide bonds. The van der Waals surface area contributed by atoms with E-state index in [-0.39, 0.29) is 5.16 Å². The van der Waals surface area contributed by atoms with Crippen LogP contribution in [-0.2, 0) is 5.16 Å². The van der Waals surface area contributed by atoms with Crippen LogP contribution in [0.15, 0.2) is 84.9 Å². The third-order valence-corrected chi connectivity index (χ3v) is 5.01. The van der Waals surface area contributed by atoms with E-state index < -0.39 is 0 Å². The van der Waals surface area contributed by atoms with E-state index in [4.69, 9.17) is 0 Å². The third-order valence-electron chi connectivity index (χ3n) is 4.03. The largest absolute Gasteiger partial charge is 0.117 e. The van der Waals surface area contributed by atoms with E-state index in [0.717, 1.165) is 0 Å². The quantitative estimate of drug-likeness (QED) is 0.461. The van der Waals surface area contributed by atoms with Gasteiger partial charge in [-0.2, -0.15) is 0 Å². The van der Waals surface area contributed by atoms with Gasteiger partial charge in [-0.3, -0.25) is 0 Å². The Kier molecular flexibility index (Phi) is 3.90. The van der Waals surface area contributed by atoms with Crippen molar-refractivity contribution in [1.29, 1.82) is 0 Å². The Labute approximate surface area is 129 Å². The van der Waals surface area contributed by atoms with E-state index in [1.807, 2.05) is 0 Å². The SMILES string of the molecule is Cc1ccccc1C(P)(c1ccccc1)c1ccccc1. The predicted octanol–water partition coefficient (Wildman–Crippen LogP) is 5.16. The average Bonchev–Trinajstić information content (AvgIpc) is 2.56. The number of hydrogen-bond donors (Lipinski definition) is 0. The molecule has 0 heterocycles. The highest BCUT2D eigenvalue weighted by Crippen LogP contribution is 2.45. The monoisotopic (exact) mass is 290 g/mol. The van der Waals surface area contributed by atoms with E-state index in [2.05, 4.69) is 101 Å². The summed E-state index contributed by atoms with van der Waals surface area (Å²) < 4.78 is 0. The molecule has 3 aromatic carbocycles. The van der Waals surface area contributed by atoms with Gasteiger partial charge >= 0.3 is 0 Å². The molecule has 0 nitrogen and oxygen atoms in total. The van der Waals surface area contributed by atoms with Crippen LogP contribution in [0.5, 0.6) is 0 Å². The molecule has 1 atom stereocenters. The van der Waals surface area contributed by atoms with E-state index in [9.17, 15) is 0 Å². The number of hydrogen-bond acceptors (Lipinski definition) is 0. The molecule has 0 aliphatic carbocycles. The lowest BCUT2D eigenvalue weighted by atomic mass is 9.82. The fraction of sp³-hybridized carbons (Fsp3) is 0.100. The average molecular weight is 290 g/mol. The summed E-state index contributed by atoms with van der Waals surface area (Å²) in [6.07, 6.45) is 0. The van der Waals surface area contributed by atoms with Gasteiger partial charge in [-0.1, -0.05) is 84.9 Å². The van der Waals surface area contributed by atoms with Gasteiger partial charge in [0.2, 0.25) is 0 Å². The zero-order valence-electron chi connectivity index (χ0n) is 12.2. The summed E-state index contributed by atoms with van der Waals surface area (Å²) in [5.74, 6) is 0. The Morgan fingerprint density at radius 1 is 0.619 bits per heavy atom. The van der Waals surface area contributed by atoms with Gasteiger partial charge in [-0.05, 0) is 29.2 Å². The second-order valence-corrected chi connectivity index (χ2v) is 6.22. The Balaban J connectivity index is 2.29. The minimum atomic E-state index is -0.214. The summed E-state index contributed by atoms with van der Waals surface area (Å²) >= 11 is 0. The molecule has 104 valence electrons. The van der Waals surface area contributed by atoms with Crippen molar-refractivity contribution < 1.29 is 0 Å². The fourth-order valence-corrected chi connectivity index (χ4v) is 3.60. The van der Waals surface area contributed by atoms with Gasteiger partial charge in [0.15, 0.2) is 0 Å². The molecule has 0 aliphatic heterocycles. The normalized spacial score (nSPS) is 11.3. The third kappa shape index (κ3) is 2.52. The van der Waals surface area contributed by atoms with E-state index in [1.165, 1.54) is 22.3 Å². The van der Waals surface area contributed by atoms with Crippen LogP contribution in [0.2, 0.25) is 0 Å². The van der Waals surface area contributed by atoms with E-state index in [0.29, 0.717) is 0 Å². The minimum Gasteiger partial charge on any atom is -0.117 e. The molecule has 0 spiro atoms. The molecule has 0 aromatic heterocycles. The topological polar surface area (TPSA) is 0 Å². The Morgan fingerprint density at radius 2 is 1.05 bits per heavy atom. The first-order valence-corrected chi connectivity index (χ1v) is 7.76. The van der Waals surface area contributed by atoms with Crippen molar-refractivity contribution >= 4 is 9.24 Å². The number of aryl methyl sites for hydroxylation is 1. The van der Waals surface area contributed by atoms with Crippen LogP contribution < -0.4 is 0 Å². The molecule has 0 N–H and O–H groups in total. The first kappa shape index (κ1) is 14.0. The van der Waals surface area contributed by atoms with Crippen molar-refractivity contribution in [3.63, 3.8) is 0 Å². The van der Waals surface area contributed by atoms with Crippen molar-refractivity contribution in [1.82, 2.24) is 0 Å². The highest BCUT2D eigenvalue weighted by atomic mass is 31.0. The van der Waals surface area contributed by atoms with Gasteiger partial charge in [-0.15, -0.1) is 9.24 Å². The lowest BCUT2D eigenvalue weighted by Gasteiger charge is -2.33. The molecular formula is C20H19P. The van der Waals surface area contributed by atoms with E-state index in [1.54, 1.807) is 0 Å². The second-order valence-electron chi connectivity index (χ2n) is 5.35. The molecule has 0 saturated heterocycles. The first-order valence-electron chi connectivity index (χ1n) is 7.19. The summed E-state index contributed by atoms with van der Waals surface area (Å²) in [5, 5.41) is -0.214.